The van der Waals surface area contributed by atoms with Gasteiger partial charge in [0.1, 0.15) is 11.7 Å². The van der Waals surface area contributed by atoms with Crippen molar-refractivity contribution in [3.8, 4) is 0 Å². The molecule has 1 saturated heterocycles. The first-order valence-corrected chi connectivity index (χ1v) is 9.70. The quantitative estimate of drug-likeness (QED) is 0.823. The van der Waals surface area contributed by atoms with E-state index in [0.29, 0.717) is 11.0 Å². The number of aromatic nitrogens is 2. The smallest absolute Gasteiger partial charge is 0.272 e. The second-order valence-corrected chi connectivity index (χ2v) is 8.22. The molecular formula is C16H18N4O4S. The Morgan fingerprint density at radius 2 is 1.80 bits per heavy atom. The second kappa shape index (κ2) is 6.75. The fourth-order valence-electron chi connectivity index (χ4n) is 2.61. The molecule has 1 atom stereocenters. The fourth-order valence-corrected chi connectivity index (χ4v) is 3.81. The summed E-state index contributed by atoms with van der Waals surface area (Å²) < 4.78 is 22.9. The molecule has 25 heavy (non-hydrogen) atoms. The van der Waals surface area contributed by atoms with E-state index in [2.05, 4.69) is 15.3 Å². The summed E-state index contributed by atoms with van der Waals surface area (Å²) in [6.07, 6.45) is 1.36. The molecule has 0 unspecified atom stereocenters. The van der Waals surface area contributed by atoms with E-state index in [1.54, 1.807) is 25.1 Å². The highest BCUT2D eigenvalue weighted by Gasteiger charge is 2.28. The highest BCUT2D eigenvalue weighted by molar-refractivity contribution is 7.91. The maximum absolute atomic E-state index is 12.4. The lowest BCUT2D eigenvalue weighted by atomic mass is 10.2. The molecular weight excluding hydrogens is 344 g/mol. The molecule has 1 fully saturated rings. The van der Waals surface area contributed by atoms with Crippen molar-refractivity contribution in [2.75, 3.05) is 24.6 Å². The van der Waals surface area contributed by atoms with Gasteiger partial charge in [-0.15, -0.1) is 0 Å². The van der Waals surface area contributed by atoms with Crippen LogP contribution in [0.5, 0.6) is 0 Å². The third-order valence-electron chi connectivity index (χ3n) is 4.06. The van der Waals surface area contributed by atoms with E-state index in [-0.39, 0.29) is 36.2 Å². The third kappa shape index (κ3) is 3.93. The average molecular weight is 362 g/mol. The molecule has 1 N–H and O–H groups in total. The lowest BCUT2D eigenvalue weighted by Crippen LogP contribution is -2.51. The first kappa shape index (κ1) is 17.3. The summed E-state index contributed by atoms with van der Waals surface area (Å²) in [5, 5.41) is 2.60. The molecule has 0 saturated carbocycles. The van der Waals surface area contributed by atoms with Gasteiger partial charge in [0.2, 0.25) is 5.91 Å². The molecule has 1 aromatic carbocycles. The Hall–Kier alpha value is -2.55. The van der Waals surface area contributed by atoms with Gasteiger partial charge in [0.05, 0.1) is 28.7 Å². The minimum Gasteiger partial charge on any atom is -0.339 e. The molecule has 1 aromatic heterocycles. The summed E-state index contributed by atoms with van der Waals surface area (Å²) in [5.74, 6) is -0.897. The predicted molar refractivity (Wildman–Crippen MR) is 91.7 cm³/mol. The van der Waals surface area contributed by atoms with Crippen LogP contribution in [0.2, 0.25) is 0 Å². The molecule has 0 radical (unpaired) electrons. The minimum atomic E-state index is -3.06. The fraction of sp³-hybridized carbons (Fsp3) is 0.375. The van der Waals surface area contributed by atoms with Crippen molar-refractivity contribution in [3.63, 3.8) is 0 Å². The summed E-state index contributed by atoms with van der Waals surface area (Å²) in [6.45, 7) is 1.87. The van der Waals surface area contributed by atoms with Gasteiger partial charge < -0.3 is 10.2 Å². The standard InChI is InChI=1S/C16H18N4O4S/c1-11(16(22)20-6-8-25(23,24)9-7-20)18-15(21)14-10-17-12-4-2-3-5-13(12)19-14/h2-5,10-11H,6-9H2,1H3,(H,18,21)/t11-/m0/s1. The molecule has 2 aromatic rings. The number of rotatable bonds is 3. The lowest BCUT2D eigenvalue weighted by molar-refractivity contribution is -0.132. The number of benzene rings is 1. The van der Waals surface area contributed by atoms with Crippen molar-refractivity contribution in [2.45, 2.75) is 13.0 Å². The zero-order valence-electron chi connectivity index (χ0n) is 13.7. The number of nitrogens with zero attached hydrogens (tertiary/aromatic N) is 3. The van der Waals surface area contributed by atoms with E-state index in [9.17, 15) is 18.0 Å². The third-order valence-corrected chi connectivity index (χ3v) is 5.66. The Labute approximate surface area is 145 Å². The molecule has 2 amide bonds. The molecule has 9 heteroatoms. The van der Waals surface area contributed by atoms with Crippen molar-refractivity contribution < 1.29 is 18.0 Å². The number of hydrogen-bond acceptors (Lipinski definition) is 6. The van der Waals surface area contributed by atoms with Crippen LogP contribution >= 0.6 is 0 Å². The van der Waals surface area contributed by atoms with E-state index in [1.807, 2.05) is 6.07 Å². The van der Waals surface area contributed by atoms with Gasteiger partial charge in [-0.05, 0) is 19.1 Å². The average Bonchev–Trinajstić information content (AvgIpc) is 2.60. The van der Waals surface area contributed by atoms with Gasteiger partial charge in [-0.1, -0.05) is 12.1 Å². The highest BCUT2D eigenvalue weighted by Crippen LogP contribution is 2.09. The number of nitrogens with one attached hydrogen (secondary N) is 1. The van der Waals surface area contributed by atoms with Gasteiger partial charge in [-0.3, -0.25) is 14.6 Å². The van der Waals surface area contributed by atoms with E-state index < -0.39 is 21.8 Å². The van der Waals surface area contributed by atoms with Crippen LogP contribution in [0.1, 0.15) is 17.4 Å². The molecule has 0 bridgehead atoms. The Balaban J connectivity index is 1.66. The Morgan fingerprint density at radius 1 is 1.16 bits per heavy atom. The number of hydrogen-bond donors (Lipinski definition) is 1. The van der Waals surface area contributed by atoms with Gasteiger partial charge in [0, 0.05) is 13.1 Å². The van der Waals surface area contributed by atoms with Gasteiger partial charge >= 0.3 is 0 Å². The van der Waals surface area contributed by atoms with Crippen molar-refractivity contribution in [1.82, 2.24) is 20.2 Å². The first-order chi connectivity index (χ1) is 11.9. The number of amides is 2. The normalized spacial score (nSPS) is 17.9. The molecule has 1 aliphatic rings. The lowest BCUT2D eigenvalue weighted by Gasteiger charge is -2.29. The van der Waals surface area contributed by atoms with E-state index >= 15 is 0 Å². The first-order valence-electron chi connectivity index (χ1n) is 7.87. The van der Waals surface area contributed by atoms with Crippen LogP contribution in [-0.2, 0) is 14.6 Å². The van der Waals surface area contributed by atoms with Gasteiger partial charge in [0.15, 0.2) is 9.84 Å². The highest BCUT2D eigenvalue weighted by atomic mass is 32.2. The monoisotopic (exact) mass is 362 g/mol. The van der Waals surface area contributed by atoms with E-state index in [0.717, 1.165) is 0 Å². The van der Waals surface area contributed by atoms with Crippen molar-refractivity contribution in [3.05, 3.63) is 36.2 Å². The van der Waals surface area contributed by atoms with Crippen LogP contribution in [0, 0.1) is 0 Å². The van der Waals surface area contributed by atoms with Crippen molar-refractivity contribution in [1.29, 1.82) is 0 Å². The van der Waals surface area contributed by atoms with Crippen LogP contribution < -0.4 is 5.32 Å². The van der Waals surface area contributed by atoms with Crippen LogP contribution in [-0.4, -0.2) is 65.7 Å². The number of fused-ring (bicyclic) bond motifs is 1. The zero-order chi connectivity index (χ0) is 18.0. The summed E-state index contributed by atoms with van der Waals surface area (Å²) in [4.78, 5) is 34.5. The van der Waals surface area contributed by atoms with Crippen LogP contribution in [0.15, 0.2) is 30.5 Å². The summed E-state index contributed by atoms with van der Waals surface area (Å²) in [7, 11) is -3.06. The maximum atomic E-state index is 12.4. The number of carbonyl (C=O) groups excluding carboxylic acids is 2. The predicted octanol–water partition coefficient (Wildman–Crippen LogP) is 0.00510. The molecule has 3 rings (SSSR count). The van der Waals surface area contributed by atoms with E-state index in [4.69, 9.17) is 0 Å². The summed E-state index contributed by atoms with van der Waals surface area (Å²) >= 11 is 0. The molecule has 0 spiro atoms. The molecule has 132 valence electrons. The van der Waals surface area contributed by atoms with Crippen molar-refractivity contribution in [2.24, 2.45) is 0 Å². The molecule has 0 aliphatic carbocycles. The molecule has 1 aliphatic heterocycles. The van der Waals surface area contributed by atoms with Gasteiger partial charge in [0.25, 0.3) is 5.91 Å². The molecule has 8 nitrogen and oxygen atoms in total. The zero-order valence-corrected chi connectivity index (χ0v) is 14.5. The van der Waals surface area contributed by atoms with Gasteiger partial charge in [-0.2, -0.15) is 0 Å². The second-order valence-electron chi connectivity index (χ2n) is 5.92. The number of para-hydroxylation sites is 2. The van der Waals surface area contributed by atoms with Crippen LogP contribution in [0.4, 0.5) is 0 Å². The largest absolute Gasteiger partial charge is 0.339 e. The van der Waals surface area contributed by atoms with E-state index in [1.165, 1.54) is 11.1 Å². The van der Waals surface area contributed by atoms with Crippen molar-refractivity contribution >= 4 is 32.7 Å². The topological polar surface area (TPSA) is 109 Å². The summed E-state index contributed by atoms with van der Waals surface area (Å²) in [6, 6.07) is 6.40. The minimum absolute atomic E-state index is 0.0461. The maximum Gasteiger partial charge on any atom is 0.272 e. The Morgan fingerprint density at radius 3 is 2.48 bits per heavy atom. The van der Waals surface area contributed by atoms with Crippen LogP contribution in [0.25, 0.3) is 11.0 Å². The summed E-state index contributed by atoms with van der Waals surface area (Å²) in [5.41, 5.74) is 1.40. The molecule has 2 heterocycles. The Bertz CT molecular complexity index is 915. The van der Waals surface area contributed by atoms with Crippen LogP contribution in [0.3, 0.4) is 0 Å². The number of carbonyl (C=O) groups is 2. The Kier molecular flexibility index (Phi) is 4.67. The van der Waals surface area contributed by atoms with Gasteiger partial charge in [-0.25, -0.2) is 13.4 Å². The SMILES string of the molecule is C[C@H](NC(=O)c1cnc2ccccc2n1)C(=O)N1CCS(=O)(=O)CC1. The number of sulfone groups is 1.